The van der Waals surface area contributed by atoms with Gasteiger partial charge in [-0.25, -0.2) is 4.79 Å². The molecule has 2 aliphatic rings. The van der Waals surface area contributed by atoms with Gasteiger partial charge in [0.15, 0.2) is 11.2 Å². The molecule has 0 unspecified atom stereocenters. The van der Waals surface area contributed by atoms with Crippen LogP contribution in [0.3, 0.4) is 0 Å². The van der Waals surface area contributed by atoms with Crippen molar-refractivity contribution in [3.05, 3.63) is 57.4 Å². The molecular weight excluding hydrogens is 354 g/mol. The van der Waals surface area contributed by atoms with E-state index in [0.717, 1.165) is 23.0 Å². The summed E-state index contributed by atoms with van der Waals surface area (Å²) >= 11 is 0. The Morgan fingerprint density at radius 3 is 2.64 bits per heavy atom. The number of nitrogens with zero attached hydrogens (tertiary/aromatic N) is 1. The lowest BCUT2D eigenvalue weighted by atomic mass is 9.79. The van der Waals surface area contributed by atoms with Crippen LogP contribution in [-0.4, -0.2) is 15.6 Å². The van der Waals surface area contributed by atoms with Crippen molar-refractivity contribution in [3.8, 4) is 11.5 Å². The maximum absolute atomic E-state index is 12.5. The quantitative estimate of drug-likeness (QED) is 0.683. The van der Waals surface area contributed by atoms with Gasteiger partial charge in [-0.15, -0.1) is 0 Å². The number of para-hydroxylation sites is 1. The number of aromatic nitrogens is 1. The molecule has 0 bridgehead atoms. The van der Waals surface area contributed by atoms with Gasteiger partial charge in [-0.05, 0) is 36.2 Å². The van der Waals surface area contributed by atoms with E-state index in [0.29, 0.717) is 17.4 Å². The van der Waals surface area contributed by atoms with E-state index in [2.05, 4.69) is 39.0 Å². The smallest absolute Gasteiger partial charge is 0.341 e. The van der Waals surface area contributed by atoms with Crippen LogP contribution < -0.4 is 5.43 Å². The van der Waals surface area contributed by atoms with Crippen LogP contribution >= 0.6 is 0 Å². The Bertz CT molecular complexity index is 1190. The van der Waals surface area contributed by atoms with Gasteiger partial charge in [-0.1, -0.05) is 39.0 Å². The minimum Gasteiger partial charge on any atom is -0.477 e. The second kappa shape index (κ2) is 5.60. The molecule has 0 radical (unpaired) electrons. The number of carbonyl (C=O) groups is 1. The lowest BCUT2D eigenvalue weighted by Crippen LogP contribution is -2.32. The molecule has 5 nitrogen and oxygen atoms in total. The van der Waals surface area contributed by atoms with Crippen LogP contribution in [0.5, 0.6) is 0 Å². The van der Waals surface area contributed by atoms with Gasteiger partial charge in [0.25, 0.3) is 0 Å². The summed E-state index contributed by atoms with van der Waals surface area (Å²) in [4.78, 5) is 24.0. The van der Waals surface area contributed by atoms with Crippen molar-refractivity contribution in [2.75, 3.05) is 0 Å². The predicted molar refractivity (Wildman–Crippen MR) is 107 cm³/mol. The third-order valence-corrected chi connectivity index (χ3v) is 6.14. The highest BCUT2D eigenvalue weighted by molar-refractivity contribution is 5.92. The van der Waals surface area contributed by atoms with Gasteiger partial charge < -0.3 is 14.1 Å². The van der Waals surface area contributed by atoms with Gasteiger partial charge in [0.1, 0.15) is 11.1 Å². The summed E-state index contributed by atoms with van der Waals surface area (Å²) in [5.74, 6) is 0.0725. The van der Waals surface area contributed by atoms with E-state index in [4.69, 9.17) is 4.42 Å². The van der Waals surface area contributed by atoms with Gasteiger partial charge in [0.05, 0.1) is 5.69 Å². The molecule has 5 heteroatoms. The molecule has 0 saturated heterocycles. The first kappa shape index (κ1) is 17.3. The fourth-order valence-electron chi connectivity index (χ4n) is 4.48. The maximum atomic E-state index is 12.5. The number of benzene rings is 1. The number of furan rings is 1. The Balaban J connectivity index is 1.83. The Hall–Kier alpha value is -2.82. The van der Waals surface area contributed by atoms with Crippen LogP contribution in [0.2, 0.25) is 0 Å². The summed E-state index contributed by atoms with van der Waals surface area (Å²) in [7, 11) is 0. The molecule has 3 heterocycles. The molecule has 1 fully saturated rings. The fraction of sp³-hybridized carbons (Fsp3) is 0.391. The average molecular weight is 377 g/mol. The maximum Gasteiger partial charge on any atom is 0.341 e. The van der Waals surface area contributed by atoms with E-state index in [1.807, 2.05) is 4.57 Å². The summed E-state index contributed by atoms with van der Waals surface area (Å²) in [6.07, 6.45) is 4.61. The van der Waals surface area contributed by atoms with Gasteiger partial charge >= 0.3 is 5.97 Å². The van der Waals surface area contributed by atoms with Crippen LogP contribution in [-0.2, 0) is 6.42 Å². The number of hydrogen-bond acceptors (Lipinski definition) is 3. The van der Waals surface area contributed by atoms with E-state index >= 15 is 0 Å². The van der Waals surface area contributed by atoms with Crippen LogP contribution in [0.15, 0.2) is 39.7 Å². The highest BCUT2D eigenvalue weighted by Crippen LogP contribution is 2.49. The Labute approximate surface area is 162 Å². The summed E-state index contributed by atoms with van der Waals surface area (Å²) in [6, 6.07) is 7.78. The van der Waals surface area contributed by atoms with E-state index in [9.17, 15) is 14.7 Å². The van der Waals surface area contributed by atoms with Gasteiger partial charge in [0, 0.05) is 29.3 Å². The first-order chi connectivity index (χ1) is 13.3. The molecule has 1 saturated carbocycles. The number of rotatable bonds is 2. The minimum atomic E-state index is -1.20. The highest BCUT2D eigenvalue weighted by atomic mass is 16.4. The molecule has 1 atom stereocenters. The molecule has 2 aromatic heterocycles. The van der Waals surface area contributed by atoms with Crippen LogP contribution in [0.25, 0.3) is 22.4 Å². The van der Waals surface area contributed by atoms with Crippen molar-refractivity contribution in [2.24, 2.45) is 5.41 Å². The van der Waals surface area contributed by atoms with Gasteiger partial charge in [0.2, 0.25) is 0 Å². The molecule has 1 aromatic carbocycles. The van der Waals surface area contributed by atoms with Crippen molar-refractivity contribution in [1.82, 2.24) is 4.57 Å². The number of hydrogen-bond donors (Lipinski definition) is 1. The van der Waals surface area contributed by atoms with Crippen LogP contribution in [0.1, 0.15) is 67.1 Å². The van der Waals surface area contributed by atoms with E-state index in [-0.39, 0.29) is 17.0 Å². The third kappa shape index (κ3) is 2.45. The molecule has 3 aromatic rings. The monoisotopic (exact) mass is 377 g/mol. The summed E-state index contributed by atoms with van der Waals surface area (Å²) in [5.41, 5.74) is 3.17. The second-order valence-electron chi connectivity index (χ2n) is 9.14. The molecule has 28 heavy (non-hydrogen) atoms. The van der Waals surface area contributed by atoms with E-state index in [1.54, 1.807) is 0 Å². The standard InChI is InChI=1S/C23H23NO4/c1-23(2,3)19-9-15-14-6-4-5-13(12-7-8-12)20(14)28-21(15)17-10-18(25)16(22(26)27)11-24(17)19/h4-6,10-12,19H,7-9H2,1-3H3,(H,26,27)/t19-/m0/s1. The predicted octanol–water partition coefficient (Wildman–Crippen LogP) is 4.98. The first-order valence-corrected chi connectivity index (χ1v) is 9.80. The lowest BCUT2D eigenvalue weighted by molar-refractivity contribution is 0.0693. The summed E-state index contributed by atoms with van der Waals surface area (Å²) < 4.78 is 8.30. The number of fused-ring (bicyclic) bond motifs is 5. The number of pyridine rings is 1. The number of aromatic carboxylic acids is 1. The first-order valence-electron chi connectivity index (χ1n) is 9.80. The van der Waals surface area contributed by atoms with Crippen molar-refractivity contribution in [3.63, 3.8) is 0 Å². The Morgan fingerprint density at radius 1 is 1.25 bits per heavy atom. The SMILES string of the molecule is CC(C)(C)[C@@H]1Cc2c(oc3c(C4CC4)cccc23)-c2cc(=O)c(C(=O)O)cn21. The second-order valence-corrected chi connectivity index (χ2v) is 9.14. The average Bonchev–Trinajstić information content (AvgIpc) is 3.39. The van der Waals surface area contributed by atoms with Crippen LogP contribution in [0.4, 0.5) is 0 Å². The molecule has 1 N–H and O–H groups in total. The van der Waals surface area contributed by atoms with Gasteiger partial charge in [-0.3, -0.25) is 4.79 Å². The largest absolute Gasteiger partial charge is 0.477 e. The molecular formula is C23H23NO4. The summed E-state index contributed by atoms with van der Waals surface area (Å²) in [5, 5.41) is 10.6. The number of carboxylic acid groups (broad SMARTS) is 1. The third-order valence-electron chi connectivity index (χ3n) is 6.14. The molecule has 5 rings (SSSR count). The molecule has 1 aliphatic heterocycles. The zero-order valence-electron chi connectivity index (χ0n) is 16.3. The normalized spacial score (nSPS) is 18.8. The highest BCUT2D eigenvalue weighted by Gasteiger charge is 2.37. The number of carboxylic acids is 1. The topological polar surface area (TPSA) is 72.4 Å². The van der Waals surface area contributed by atoms with Crippen molar-refractivity contribution >= 4 is 16.9 Å². The minimum absolute atomic E-state index is 0.0269. The van der Waals surface area contributed by atoms with Crippen LogP contribution in [0, 0.1) is 5.41 Å². The zero-order chi connectivity index (χ0) is 19.8. The van der Waals surface area contributed by atoms with Crippen molar-refractivity contribution in [2.45, 2.75) is 52.0 Å². The van der Waals surface area contributed by atoms with Crippen molar-refractivity contribution in [1.29, 1.82) is 0 Å². The van der Waals surface area contributed by atoms with E-state index < -0.39 is 11.4 Å². The molecule has 0 spiro atoms. The Morgan fingerprint density at radius 2 is 2.00 bits per heavy atom. The lowest BCUT2D eigenvalue weighted by Gasteiger charge is -2.37. The summed E-state index contributed by atoms with van der Waals surface area (Å²) in [6.45, 7) is 6.43. The van der Waals surface area contributed by atoms with Gasteiger partial charge in [-0.2, -0.15) is 0 Å². The Kier molecular flexibility index (Phi) is 3.46. The molecule has 1 aliphatic carbocycles. The zero-order valence-corrected chi connectivity index (χ0v) is 16.3. The molecule has 144 valence electrons. The molecule has 0 amide bonds. The van der Waals surface area contributed by atoms with Crippen molar-refractivity contribution < 1.29 is 14.3 Å². The van der Waals surface area contributed by atoms with E-state index in [1.165, 1.54) is 30.7 Å². The fourth-order valence-corrected chi connectivity index (χ4v) is 4.48.